The number of halogens is 1. The van der Waals surface area contributed by atoms with Crippen molar-refractivity contribution in [3.8, 4) is 17.3 Å². The first kappa shape index (κ1) is 16.3. The van der Waals surface area contributed by atoms with Gasteiger partial charge in [-0.2, -0.15) is 10.4 Å². The zero-order valence-corrected chi connectivity index (χ0v) is 15.5. The summed E-state index contributed by atoms with van der Waals surface area (Å²) in [5.41, 5.74) is 2.86. The molecule has 25 heavy (non-hydrogen) atoms. The lowest BCUT2D eigenvalue weighted by atomic mass is 9.61. The smallest absolute Gasteiger partial charge is 0.407 e. The third-order valence-corrected chi connectivity index (χ3v) is 6.27. The van der Waals surface area contributed by atoms with E-state index in [-0.39, 0.29) is 11.5 Å². The topological polar surface area (TPSA) is 95.0 Å². The molecule has 0 unspecified atom stereocenters. The van der Waals surface area contributed by atoms with Crippen molar-refractivity contribution in [1.29, 1.82) is 5.26 Å². The molecule has 2 aromatic heterocycles. The van der Waals surface area contributed by atoms with E-state index in [0.717, 1.165) is 33.4 Å². The standard InChI is InChI=1S/C17H16IN5O2/c18-14-13(3-4-19)23(21-15(14)11-2-1-5-20-8-11)12-6-17(7-12)9-22(10-17)16(24)25/h1-2,5,8,12H,3,6-7,9-10H2,(H,24,25). The molecule has 1 aliphatic carbocycles. The average Bonchev–Trinajstić information content (AvgIpc) is 2.83. The first-order valence-electron chi connectivity index (χ1n) is 8.05. The van der Waals surface area contributed by atoms with Gasteiger partial charge in [-0.25, -0.2) is 4.79 Å². The Bertz CT molecular complexity index is 859. The Morgan fingerprint density at radius 1 is 1.48 bits per heavy atom. The first-order chi connectivity index (χ1) is 12.0. The van der Waals surface area contributed by atoms with E-state index in [1.54, 1.807) is 12.4 Å². The Morgan fingerprint density at radius 3 is 2.84 bits per heavy atom. The molecular formula is C17H16IN5O2. The van der Waals surface area contributed by atoms with Gasteiger partial charge in [0.1, 0.15) is 5.69 Å². The van der Waals surface area contributed by atoms with Gasteiger partial charge in [0.15, 0.2) is 0 Å². The lowest BCUT2D eigenvalue weighted by Gasteiger charge is -2.58. The highest BCUT2D eigenvalue weighted by Gasteiger charge is 2.55. The summed E-state index contributed by atoms with van der Waals surface area (Å²) < 4.78 is 2.98. The maximum absolute atomic E-state index is 11.0. The van der Waals surface area contributed by atoms with Crippen LogP contribution in [0.25, 0.3) is 11.3 Å². The maximum atomic E-state index is 11.0. The highest BCUT2D eigenvalue weighted by molar-refractivity contribution is 14.1. The zero-order valence-electron chi connectivity index (χ0n) is 13.4. The number of carbonyl (C=O) groups is 1. The van der Waals surface area contributed by atoms with Crippen LogP contribution in [0.15, 0.2) is 24.5 Å². The molecule has 1 aliphatic heterocycles. The number of amides is 1. The van der Waals surface area contributed by atoms with Crippen LogP contribution in [0.4, 0.5) is 4.79 Å². The predicted octanol–water partition coefficient (Wildman–Crippen LogP) is 2.93. The SMILES string of the molecule is N#CCc1c(I)c(-c2cccnc2)nn1C1CC2(C1)CN(C(=O)O)C2. The molecule has 8 heteroatoms. The summed E-state index contributed by atoms with van der Waals surface area (Å²) in [6.07, 6.45) is 4.81. The van der Waals surface area contributed by atoms with E-state index in [1.165, 1.54) is 4.90 Å². The van der Waals surface area contributed by atoms with Crippen LogP contribution in [0.5, 0.6) is 0 Å². The third kappa shape index (κ3) is 2.66. The largest absolute Gasteiger partial charge is 0.465 e. The summed E-state index contributed by atoms with van der Waals surface area (Å²) in [6.45, 7) is 1.22. The summed E-state index contributed by atoms with van der Waals surface area (Å²) in [7, 11) is 0. The number of nitriles is 1. The molecule has 0 bridgehead atoms. The van der Waals surface area contributed by atoms with E-state index in [1.807, 2.05) is 16.8 Å². The molecule has 2 fully saturated rings. The van der Waals surface area contributed by atoms with E-state index < -0.39 is 6.09 Å². The molecule has 2 aliphatic rings. The highest BCUT2D eigenvalue weighted by Crippen LogP contribution is 2.54. The van der Waals surface area contributed by atoms with Gasteiger partial charge in [-0.3, -0.25) is 9.67 Å². The number of likely N-dealkylation sites (tertiary alicyclic amines) is 1. The molecular weight excluding hydrogens is 433 g/mol. The molecule has 0 radical (unpaired) electrons. The van der Waals surface area contributed by atoms with E-state index in [0.29, 0.717) is 19.5 Å². The third-order valence-electron chi connectivity index (χ3n) is 5.13. The summed E-state index contributed by atoms with van der Waals surface area (Å²) >= 11 is 2.26. The van der Waals surface area contributed by atoms with Crippen LogP contribution in [-0.4, -0.2) is 44.0 Å². The molecule has 1 saturated heterocycles. The Kier molecular flexibility index (Phi) is 3.91. The Hall–Kier alpha value is -2.15. The van der Waals surface area contributed by atoms with Crippen LogP contribution in [0.1, 0.15) is 24.6 Å². The normalized spacial score (nSPS) is 18.5. The second kappa shape index (κ2) is 5.98. The van der Waals surface area contributed by atoms with Crippen LogP contribution in [0.3, 0.4) is 0 Å². The van der Waals surface area contributed by atoms with Crippen molar-refractivity contribution in [3.05, 3.63) is 33.8 Å². The minimum atomic E-state index is -0.841. The van der Waals surface area contributed by atoms with Gasteiger partial charge in [0.05, 0.1) is 27.8 Å². The molecule has 1 amide bonds. The van der Waals surface area contributed by atoms with E-state index >= 15 is 0 Å². The van der Waals surface area contributed by atoms with Gasteiger partial charge in [-0.1, -0.05) is 0 Å². The fraction of sp³-hybridized carbons (Fsp3) is 0.412. The number of carboxylic acid groups (broad SMARTS) is 1. The van der Waals surface area contributed by atoms with Crippen molar-refractivity contribution in [1.82, 2.24) is 19.7 Å². The average molecular weight is 449 g/mol. The highest BCUT2D eigenvalue weighted by atomic mass is 127. The van der Waals surface area contributed by atoms with Crippen molar-refractivity contribution < 1.29 is 9.90 Å². The fourth-order valence-electron chi connectivity index (χ4n) is 3.94. The quantitative estimate of drug-likeness (QED) is 0.728. The lowest BCUT2D eigenvalue weighted by Crippen LogP contribution is -2.63. The molecule has 2 aromatic rings. The lowest BCUT2D eigenvalue weighted by molar-refractivity contribution is -0.0776. The summed E-state index contributed by atoms with van der Waals surface area (Å²) in [6, 6.07) is 6.32. The second-order valence-electron chi connectivity index (χ2n) is 6.83. The van der Waals surface area contributed by atoms with E-state index in [4.69, 9.17) is 10.2 Å². The minimum absolute atomic E-state index is 0.110. The molecule has 128 valence electrons. The van der Waals surface area contributed by atoms with Crippen LogP contribution >= 0.6 is 22.6 Å². The molecule has 0 atom stereocenters. The number of pyridine rings is 1. The number of hydrogen-bond donors (Lipinski definition) is 1. The van der Waals surface area contributed by atoms with Crippen molar-refractivity contribution in [3.63, 3.8) is 0 Å². The maximum Gasteiger partial charge on any atom is 0.407 e. The van der Waals surface area contributed by atoms with Crippen LogP contribution in [0.2, 0.25) is 0 Å². The van der Waals surface area contributed by atoms with Gasteiger partial charge in [0.25, 0.3) is 0 Å². The molecule has 4 rings (SSSR count). The van der Waals surface area contributed by atoms with Gasteiger partial charge < -0.3 is 10.0 Å². The minimum Gasteiger partial charge on any atom is -0.465 e. The molecule has 0 aromatic carbocycles. The molecule has 1 spiro atoms. The Morgan fingerprint density at radius 2 is 2.24 bits per heavy atom. The number of aromatic nitrogens is 3. The second-order valence-corrected chi connectivity index (χ2v) is 7.91. The fourth-order valence-corrected chi connectivity index (χ4v) is 4.80. The number of rotatable bonds is 3. The van der Waals surface area contributed by atoms with Crippen LogP contribution in [0, 0.1) is 20.3 Å². The van der Waals surface area contributed by atoms with Crippen molar-refractivity contribution >= 4 is 28.7 Å². The van der Waals surface area contributed by atoms with Crippen molar-refractivity contribution in [2.45, 2.75) is 25.3 Å². The number of hydrogen-bond acceptors (Lipinski definition) is 4. The predicted molar refractivity (Wildman–Crippen MR) is 97.8 cm³/mol. The van der Waals surface area contributed by atoms with E-state index in [9.17, 15) is 10.1 Å². The monoisotopic (exact) mass is 449 g/mol. The van der Waals surface area contributed by atoms with Gasteiger partial charge in [0, 0.05) is 36.5 Å². The van der Waals surface area contributed by atoms with Crippen molar-refractivity contribution in [2.24, 2.45) is 5.41 Å². The van der Waals surface area contributed by atoms with E-state index in [2.05, 4.69) is 33.6 Å². The van der Waals surface area contributed by atoms with Gasteiger partial charge in [0.2, 0.25) is 0 Å². The zero-order chi connectivity index (χ0) is 17.6. The molecule has 1 saturated carbocycles. The molecule has 7 nitrogen and oxygen atoms in total. The van der Waals surface area contributed by atoms with Crippen LogP contribution in [-0.2, 0) is 6.42 Å². The summed E-state index contributed by atoms with van der Waals surface area (Å²) in [5, 5.41) is 23.0. The summed E-state index contributed by atoms with van der Waals surface area (Å²) in [4.78, 5) is 16.6. The van der Waals surface area contributed by atoms with Crippen molar-refractivity contribution in [2.75, 3.05) is 13.1 Å². The Balaban J connectivity index is 1.59. The van der Waals surface area contributed by atoms with Gasteiger partial charge in [-0.15, -0.1) is 0 Å². The van der Waals surface area contributed by atoms with Crippen LogP contribution < -0.4 is 0 Å². The Labute approximate surface area is 158 Å². The first-order valence-corrected chi connectivity index (χ1v) is 9.13. The van der Waals surface area contributed by atoms with Gasteiger partial charge in [-0.05, 0) is 47.6 Å². The van der Waals surface area contributed by atoms with Gasteiger partial charge >= 0.3 is 6.09 Å². The molecule has 1 N–H and O–H groups in total. The summed E-state index contributed by atoms with van der Waals surface area (Å²) in [5.74, 6) is 0. The molecule has 3 heterocycles. The number of nitrogens with zero attached hydrogens (tertiary/aromatic N) is 5.